The van der Waals surface area contributed by atoms with Crippen LogP contribution >= 0.6 is 27.3 Å². The Morgan fingerprint density at radius 2 is 2.00 bits per heavy atom. The Hall–Kier alpha value is -1.38. The lowest BCUT2D eigenvalue weighted by Gasteiger charge is -2.10. The molecule has 2 aromatic rings. The van der Waals surface area contributed by atoms with Crippen LogP contribution in [0.3, 0.4) is 0 Å². The second kappa shape index (κ2) is 5.94. The van der Waals surface area contributed by atoms with E-state index in [9.17, 15) is 13.2 Å². The van der Waals surface area contributed by atoms with Gasteiger partial charge in [-0.1, -0.05) is 18.2 Å². The van der Waals surface area contributed by atoms with E-state index >= 15 is 0 Å². The van der Waals surface area contributed by atoms with E-state index in [0.717, 1.165) is 11.3 Å². The van der Waals surface area contributed by atoms with Crippen LogP contribution in [0.25, 0.3) is 0 Å². The highest BCUT2D eigenvalue weighted by Crippen LogP contribution is 2.30. The highest BCUT2D eigenvalue weighted by molar-refractivity contribution is 9.10. The molecule has 0 saturated carbocycles. The normalized spacial score (nSPS) is 11.2. The number of hydrogen-bond donors (Lipinski definition) is 2. The number of carboxylic acid groups (broad SMARTS) is 1. The zero-order chi connectivity index (χ0) is 14.8. The van der Waals surface area contributed by atoms with Crippen LogP contribution in [-0.4, -0.2) is 19.5 Å². The standard InChI is InChI=1S/C12H10BrNO4S2/c13-9-5-6-19-12(9)20(17,18)14-10-4-2-1-3-8(10)7-11(15)16/h1-6,14H,7H2,(H,15,16). The summed E-state index contributed by atoms with van der Waals surface area (Å²) in [4.78, 5) is 10.8. The van der Waals surface area contributed by atoms with Gasteiger partial charge >= 0.3 is 5.97 Å². The average Bonchev–Trinajstić information content (AvgIpc) is 2.78. The fourth-order valence-corrected chi connectivity index (χ4v) is 5.04. The Morgan fingerprint density at radius 3 is 2.60 bits per heavy atom. The Balaban J connectivity index is 2.35. The Morgan fingerprint density at radius 1 is 1.30 bits per heavy atom. The monoisotopic (exact) mass is 375 g/mol. The average molecular weight is 376 g/mol. The van der Waals surface area contributed by atoms with E-state index in [0.29, 0.717) is 10.0 Å². The smallest absolute Gasteiger partial charge is 0.307 e. The maximum Gasteiger partial charge on any atom is 0.307 e. The molecule has 1 aromatic carbocycles. The highest BCUT2D eigenvalue weighted by Gasteiger charge is 2.20. The molecule has 8 heteroatoms. The summed E-state index contributed by atoms with van der Waals surface area (Å²) in [5.74, 6) is -1.02. The van der Waals surface area contributed by atoms with E-state index in [1.165, 1.54) is 6.07 Å². The molecule has 0 bridgehead atoms. The topological polar surface area (TPSA) is 83.5 Å². The third kappa shape index (κ3) is 3.38. The second-order valence-electron chi connectivity index (χ2n) is 3.89. The van der Waals surface area contributed by atoms with Crippen LogP contribution < -0.4 is 4.72 Å². The lowest BCUT2D eigenvalue weighted by molar-refractivity contribution is -0.136. The van der Waals surface area contributed by atoms with E-state index in [1.54, 1.807) is 29.6 Å². The van der Waals surface area contributed by atoms with Gasteiger partial charge in [-0.3, -0.25) is 9.52 Å². The first-order valence-electron chi connectivity index (χ1n) is 5.45. The first-order valence-corrected chi connectivity index (χ1v) is 8.61. The van der Waals surface area contributed by atoms with Crippen molar-refractivity contribution < 1.29 is 18.3 Å². The van der Waals surface area contributed by atoms with Crippen molar-refractivity contribution in [3.05, 3.63) is 45.7 Å². The van der Waals surface area contributed by atoms with Gasteiger partial charge in [-0.05, 0) is 39.0 Å². The first-order chi connectivity index (χ1) is 9.40. The molecule has 0 amide bonds. The van der Waals surface area contributed by atoms with Crippen LogP contribution in [-0.2, 0) is 21.2 Å². The van der Waals surface area contributed by atoms with E-state index in [2.05, 4.69) is 20.7 Å². The molecule has 20 heavy (non-hydrogen) atoms. The molecule has 2 rings (SSSR count). The number of thiophene rings is 1. The van der Waals surface area contributed by atoms with E-state index in [-0.39, 0.29) is 16.3 Å². The zero-order valence-electron chi connectivity index (χ0n) is 10.0. The molecule has 1 aromatic heterocycles. The number of carboxylic acids is 1. The van der Waals surface area contributed by atoms with Crippen LogP contribution in [0.5, 0.6) is 0 Å². The number of rotatable bonds is 5. The number of hydrogen-bond acceptors (Lipinski definition) is 4. The minimum absolute atomic E-state index is 0.155. The number of benzene rings is 1. The molecule has 0 saturated heterocycles. The van der Waals surface area contributed by atoms with Crippen molar-refractivity contribution in [2.24, 2.45) is 0 Å². The van der Waals surface area contributed by atoms with Crippen molar-refractivity contribution in [1.29, 1.82) is 0 Å². The molecule has 0 unspecified atom stereocenters. The molecule has 106 valence electrons. The Labute approximate surface area is 128 Å². The first kappa shape index (κ1) is 15.0. The summed E-state index contributed by atoms with van der Waals surface area (Å²) in [7, 11) is -3.73. The summed E-state index contributed by atoms with van der Waals surface area (Å²) >= 11 is 4.25. The van der Waals surface area contributed by atoms with Crippen LogP contribution in [0.2, 0.25) is 0 Å². The molecule has 0 fully saturated rings. The van der Waals surface area contributed by atoms with Crippen LogP contribution in [0, 0.1) is 0 Å². The van der Waals surface area contributed by atoms with Gasteiger partial charge in [0, 0.05) is 4.47 Å². The quantitative estimate of drug-likeness (QED) is 0.841. The summed E-state index contributed by atoms with van der Waals surface area (Å²) < 4.78 is 27.5. The van der Waals surface area contributed by atoms with Gasteiger partial charge in [-0.2, -0.15) is 0 Å². The van der Waals surface area contributed by atoms with Gasteiger partial charge in [0.05, 0.1) is 12.1 Å². The maximum absolute atomic E-state index is 12.2. The second-order valence-corrected chi connectivity index (χ2v) is 7.54. The van der Waals surface area contributed by atoms with Crippen molar-refractivity contribution in [2.75, 3.05) is 4.72 Å². The Bertz CT molecular complexity index is 739. The van der Waals surface area contributed by atoms with Gasteiger partial charge in [0.1, 0.15) is 0 Å². The Kier molecular flexibility index (Phi) is 4.46. The third-order valence-corrected chi connectivity index (χ3v) is 6.47. The summed E-state index contributed by atoms with van der Waals surface area (Å²) in [5.41, 5.74) is 0.687. The molecule has 0 aliphatic heterocycles. The maximum atomic E-state index is 12.2. The molecule has 0 aliphatic carbocycles. The zero-order valence-corrected chi connectivity index (χ0v) is 13.3. The molecule has 1 heterocycles. The number of sulfonamides is 1. The van der Waals surface area contributed by atoms with Crippen LogP contribution in [0.4, 0.5) is 5.69 Å². The van der Waals surface area contributed by atoms with Gasteiger partial charge < -0.3 is 5.11 Å². The predicted molar refractivity (Wildman–Crippen MR) is 80.6 cm³/mol. The van der Waals surface area contributed by atoms with Crippen LogP contribution in [0.1, 0.15) is 5.56 Å². The van der Waals surface area contributed by atoms with E-state index in [1.807, 2.05) is 0 Å². The highest BCUT2D eigenvalue weighted by atomic mass is 79.9. The largest absolute Gasteiger partial charge is 0.481 e. The SMILES string of the molecule is O=C(O)Cc1ccccc1NS(=O)(=O)c1sccc1Br. The van der Waals surface area contributed by atoms with Gasteiger partial charge in [-0.15, -0.1) is 11.3 Å². The predicted octanol–water partition coefficient (Wildman–Crippen LogP) is 2.94. The van der Waals surface area contributed by atoms with Gasteiger partial charge in [0.25, 0.3) is 10.0 Å². The van der Waals surface area contributed by atoms with Crippen LogP contribution in [0.15, 0.2) is 44.4 Å². The molecule has 2 N–H and O–H groups in total. The molecule has 0 spiro atoms. The summed E-state index contributed by atoms with van der Waals surface area (Å²) in [6.07, 6.45) is -0.246. The number of halogens is 1. The number of nitrogens with one attached hydrogen (secondary N) is 1. The third-order valence-electron chi connectivity index (χ3n) is 2.43. The fourth-order valence-electron chi connectivity index (χ4n) is 1.60. The number of para-hydroxylation sites is 1. The molecule has 0 atom stereocenters. The van der Waals surface area contributed by atoms with Gasteiger partial charge in [0.15, 0.2) is 4.21 Å². The van der Waals surface area contributed by atoms with E-state index in [4.69, 9.17) is 5.11 Å². The summed E-state index contributed by atoms with van der Waals surface area (Å²) in [6.45, 7) is 0. The molecular formula is C12H10BrNO4S2. The van der Waals surface area contributed by atoms with Crippen molar-refractivity contribution >= 4 is 48.9 Å². The lowest BCUT2D eigenvalue weighted by atomic mass is 10.1. The minimum Gasteiger partial charge on any atom is -0.481 e. The molecule has 0 aliphatic rings. The summed E-state index contributed by atoms with van der Waals surface area (Å²) in [5, 5.41) is 10.5. The minimum atomic E-state index is -3.73. The molecular weight excluding hydrogens is 366 g/mol. The fraction of sp³-hybridized carbons (Fsp3) is 0.0833. The van der Waals surface area contributed by atoms with Crippen molar-refractivity contribution in [3.8, 4) is 0 Å². The summed E-state index contributed by atoms with van der Waals surface area (Å²) in [6, 6.07) is 8.07. The van der Waals surface area contributed by atoms with Crippen molar-refractivity contribution in [1.82, 2.24) is 0 Å². The van der Waals surface area contributed by atoms with Crippen molar-refractivity contribution in [2.45, 2.75) is 10.6 Å². The number of carbonyl (C=O) groups is 1. The van der Waals surface area contributed by atoms with E-state index < -0.39 is 16.0 Å². The lowest BCUT2D eigenvalue weighted by Crippen LogP contribution is -2.14. The number of anilines is 1. The van der Waals surface area contributed by atoms with Crippen molar-refractivity contribution in [3.63, 3.8) is 0 Å². The molecule has 0 radical (unpaired) electrons. The molecule has 5 nitrogen and oxygen atoms in total. The number of aliphatic carboxylic acids is 1. The van der Waals surface area contributed by atoms with Gasteiger partial charge in [0.2, 0.25) is 0 Å². The van der Waals surface area contributed by atoms with Gasteiger partial charge in [-0.25, -0.2) is 8.42 Å².